The van der Waals surface area contributed by atoms with Gasteiger partial charge in [0, 0.05) is 32.8 Å². The molecule has 0 spiro atoms. The summed E-state index contributed by atoms with van der Waals surface area (Å²) >= 11 is 0. The third kappa shape index (κ3) is 4.98. The number of amides is 2. The van der Waals surface area contributed by atoms with Gasteiger partial charge in [-0.25, -0.2) is 0 Å². The summed E-state index contributed by atoms with van der Waals surface area (Å²) in [7, 11) is 3.85. The summed E-state index contributed by atoms with van der Waals surface area (Å²) in [5.74, 6) is -0.533. The SMILES string of the molecule is CCC(CC)(O[P+](=O)OC(CC)(CC)C(=O)N(C)C)C(=O)N(C)C. The third-order valence-corrected chi connectivity index (χ3v) is 5.37. The van der Waals surface area contributed by atoms with Gasteiger partial charge in [0.2, 0.25) is 11.2 Å². The molecule has 0 unspecified atom stereocenters. The molecule has 0 heterocycles. The predicted octanol–water partition coefficient (Wildman–Crippen LogP) is 2.97. The molecular weight excluding hydrogens is 331 g/mol. The Balaban J connectivity index is 5.46. The van der Waals surface area contributed by atoms with Crippen molar-refractivity contribution in [1.82, 2.24) is 9.80 Å². The van der Waals surface area contributed by atoms with E-state index >= 15 is 0 Å². The summed E-state index contributed by atoms with van der Waals surface area (Å²) in [6.07, 6.45) is 1.44. The highest BCUT2D eigenvalue weighted by Gasteiger charge is 2.52. The average molecular weight is 363 g/mol. The van der Waals surface area contributed by atoms with Crippen molar-refractivity contribution >= 4 is 20.1 Å². The zero-order chi connectivity index (χ0) is 19.1. The molecule has 0 rings (SSSR count). The standard InChI is InChI=1S/C16H32N2O5P/c1-9-15(10-2,13(19)17(5)6)22-24(21)23-16(11-3,12-4)14(20)18(7)8/h9-12H2,1-8H3/q+1. The van der Waals surface area contributed by atoms with Gasteiger partial charge in [0.15, 0.2) is 0 Å². The van der Waals surface area contributed by atoms with Gasteiger partial charge >= 0.3 is 8.25 Å². The van der Waals surface area contributed by atoms with E-state index in [1.165, 1.54) is 9.80 Å². The first-order valence-corrected chi connectivity index (χ1v) is 9.44. The van der Waals surface area contributed by atoms with Crippen LogP contribution in [0.15, 0.2) is 0 Å². The van der Waals surface area contributed by atoms with Crippen molar-refractivity contribution in [2.45, 2.75) is 64.6 Å². The van der Waals surface area contributed by atoms with Crippen LogP contribution in [0.4, 0.5) is 0 Å². The second kappa shape index (κ2) is 9.44. The van der Waals surface area contributed by atoms with Crippen molar-refractivity contribution in [2.24, 2.45) is 0 Å². The predicted molar refractivity (Wildman–Crippen MR) is 93.8 cm³/mol. The highest BCUT2D eigenvalue weighted by Crippen LogP contribution is 2.42. The molecule has 0 atom stereocenters. The highest BCUT2D eigenvalue weighted by atomic mass is 31.1. The number of rotatable bonds is 10. The van der Waals surface area contributed by atoms with Crippen LogP contribution in [-0.2, 0) is 23.2 Å². The number of nitrogens with zero attached hydrogens (tertiary/aromatic N) is 2. The lowest BCUT2D eigenvalue weighted by Crippen LogP contribution is -2.48. The lowest BCUT2D eigenvalue weighted by molar-refractivity contribution is -0.151. The van der Waals surface area contributed by atoms with Crippen LogP contribution in [-0.4, -0.2) is 61.0 Å². The smallest absolute Gasteiger partial charge is 0.346 e. The number of hydrogen-bond donors (Lipinski definition) is 0. The third-order valence-electron chi connectivity index (χ3n) is 4.37. The van der Waals surface area contributed by atoms with E-state index in [0.717, 1.165) is 0 Å². The maximum Gasteiger partial charge on any atom is 0.699 e. The molecule has 24 heavy (non-hydrogen) atoms. The van der Waals surface area contributed by atoms with Crippen molar-refractivity contribution in [2.75, 3.05) is 28.2 Å². The van der Waals surface area contributed by atoms with Crippen LogP contribution in [0, 0.1) is 0 Å². The first-order valence-electron chi connectivity index (χ1n) is 8.34. The topological polar surface area (TPSA) is 76.1 Å². The Labute approximate surface area is 146 Å². The van der Waals surface area contributed by atoms with Gasteiger partial charge in [-0.1, -0.05) is 27.7 Å². The van der Waals surface area contributed by atoms with Crippen LogP contribution in [0.2, 0.25) is 0 Å². The Bertz CT molecular complexity index is 417. The van der Waals surface area contributed by atoms with Crippen LogP contribution in [0.25, 0.3) is 0 Å². The molecule has 0 aromatic carbocycles. The quantitative estimate of drug-likeness (QED) is 0.558. The Kier molecular flexibility index (Phi) is 9.04. The molecule has 0 saturated heterocycles. The normalized spacial score (nSPS) is 12.0. The minimum absolute atomic E-state index is 0.267. The summed E-state index contributed by atoms with van der Waals surface area (Å²) in [5, 5.41) is 0. The number of likely N-dealkylation sites (N-methyl/N-ethyl adjacent to an activating group) is 2. The first kappa shape index (κ1) is 23.0. The van der Waals surface area contributed by atoms with Gasteiger partial charge in [0.05, 0.1) is 0 Å². The molecule has 0 aromatic rings. The van der Waals surface area contributed by atoms with Crippen LogP contribution in [0.5, 0.6) is 0 Å². The zero-order valence-electron chi connectivity index (χ0n) is 16.2. The van der Waals surface area contributed by atoms with Crippen LogP contribution in [0.3, 0.4) is 0 Å². The molecule has 0 radical (unpaired) electrons. The second-order valence-corrected chi connectivity index (χ2v) is 7.02. The van der Waals surface area contributed by atoms with E-state index in [1.807, 2.05) is 0 Å². The van der Waals surface area contributed by atoms with E-state index in [9.17, 15) is 14.2 Å². The summed E-state index contributed by atoms with van der Waals surface area (Å²) < 4.78 is 23.7. The Morgan fingerprint density at radius 2 is 1.00 bits per heavy atom. The van der Waals surface area contributed by atoms with Crippen LogP contribution >= 0.6 is 8.25 Å². The van der Waals surface area contributed by atoms with Crippen molar-refractivity contribution in [3.63, 3.8) is 0 Å². The second-order valence-electron chi connectivity index (χ2n) is 6.21. The Morgan fingerprint density at radius 3 is 1.17 bits per heavy atom. The molecule has 140 valence electrons. The fraction of sp³-hybridized carbons (Fsp3) is 0.875. The largest absolute Gasteiger partial charge is 0.699 e. The molecule has 2 amide bonds. The molecule has 8 heteroatoms. The van der Waals surface area contributed by atoms with Crippen molar-refractivity contribution in [3.8, 4) is 0 Å². The molecule has 0 saturated carbocycles. The lowest BCUT2D eigenvalue weighted by atomic mass is 9.96. The maximum atomic E-state index is 12.5. The highest BCUT2D eigenvalue weighted by molar-refractivity contribution is 7.33. The summed E-state index contributed by atoms with van der Waals surface area (Å²) in [5.41, 5.74) is -2.43. The van der Waals surface area contributed by atoms with E-state index in [1.54, 1.807) is 55.9 Å². The fourth-order valence-electron chi connectivity index (χ4n) is 2.56. The number of hydrogen-bond acceptors (Lipinski definition) is 5. The van der Waals surface area contributed by atoms with Crippen molar-refractivity contribution in [3.05, 3.63) is 0 Å². The maximum absolute atomic E-state index is 12.5. The number of carbonyl (C=O) groups excluding carboxylic acids is 2. The van der Waals surface area contributed by atoms with Crippen molar-refractivity contribution in [1.29, 1.82) is 0 Å². The molecule has 0 aliphatic carbocycles. The average Bonchev–Trinajstić information content (AvgIpc) is 2.56. The van der Waals surface area contributed by atoms with Gasteiger partial charge in [-0.05, 0) is 25.7 Å². The summed E-state index contributed by atoms with van der Waals surface area (Å²) in [4.78, 5) is 27.7. The molecule has 0 N–H and O–H groups in total. The Hall–Kier alpha value is -1.04. The minimum Gasteiger partial charge on any atom is -0.346 e. The number of carbonyl (C=O) groups is 2. The van der Waals surface area contributed by atoms with Crippen molar-refractivity contribution < 1.29 is 23.2 Å². The Morgan fingerprint density at radius 1 is 0.750 bits per heavy atom. The van der Waals surface area contributed by atoms with E-state index in [4.69, 9.17) is 9.05 Å². The lowest BCUT2D eigenvalue weighted by Gasteiger charge is -2.29. The molecular formula is C16H32N2O5P+. The zero-order valence-corrected chi connectivity index (χ0v) is 17.1. The van der Waals surface area contributed by atoms with Gasteiger partial charge in [0.25, 0.3) is 11.8 Å². The summed E-state index contributed by atoms with van der Waals surface area (Å²) in [6, 6.07) is 0. The molecule has 0 bridgehead atoms. The first-order chi connectivity index (χ1) is 11.1. The molecule has 0 aromatic heterocycles. The van der Waals surface area contributed by atoms with Gasteiger partial charge in [-0.2, -0.15) is 0 Å². The van der Waals surface area contributed by atoms with E-state index in [2.05, 4.69) is 0 Å². The van der Waals surface area contributed by atoms with Crippen LogP contribution in [0.1, 0.15) is 53.4 Å². The monoisotopic (exact) mass is 363 g/mol. The summed E-state index contributed by atoms with van der Waals surface area (Å²) in [6.45, 7) is 7.19. The van der Waals surface area contributed by atoms with Gasteiger partial charge in [-0.15, -0.1) is 9.05 Å². The van der Waals surface area contributed by atoms with Crippen LogP contribution < -0.4 is 0 Å². The van der Waals surface area contributed by atoms with Gasteiger partial charge in [0.1, 0.15) is 0 Å². The minimum atomic E-state index is -2.64. The molecule has 0 aliphatic heterocycles. The van der Waals surface area contributed by atoms with Gasteiger partial charge in [-0.3, -0.25) is 9.59 Å². The van der Waals surface area contributed by atoms with E-state index < -0.39 is 19.5 Å². The molecule has 0 aliphatic rings. The van der Waals surface area contributed by atoms with E-state index in [-0.39, 0.29) is 11.8 Å². The molecule has 7 nitrogen and oxygen atoms in total. The fourth-order valence-corrected chi connectivity index (χ4v) is 3.84. The molecule has 0 fully saturated rings. The van der Waals surface area contributed by atoms with E-state index in [0.29, 0.717) is 25.7 Å². The van der Waals surface area contributed by atoms with Gasteiger partial charge < -0.3 is 9.80 Å².